The summed E-state index contributed by atoms with van der Waals surface area (Å²) >= 11 is 1.58. The van der Waals surface area contributed by atoms with Crippen LogP contribution in [0.25, 0.3) is 0 Å². The molecule has 122 valence electrons. The van der Waals surface area contributed by atoms with Gasteiger partial charge in [-0.05, 0) is 31.2 Å². The van der Waals surface area contributed by atoms with Gasteiger partial charge in [0.15, 0.2) is 0 Å². The molecule has 0 spiro atoms. The molecule has 0 aliphatic heterocycles. The highest BCUT2D eigenvalue weighted by Crippen LogP contribution is 2.11. The molecule has 0 bridgehead atoms. The molecular formula is C16H18FN3O2S. The number of nitrogens with zero attached hydrogens (tertiary/aromatic N) is 1. The van der Waals surface area contributed by atoms with Crippen molar-refractivity contribution in [3.8, 4) is 0 Å². The number of carbonyl (C=O) groups excluding carboxylic acids is 2. The second kappa shape index (κ2) is 8.38. The van der Waals surface area contributed by atoms with Gasteiger partial charge in [0, 0.05) is 36.4 Å². The van der Waals surface area contributed by atoms with E-state index in [9.17, 15) is 14.0 Å². The van der Waals surface area contributed by atoms with Crippen molar-refractivity contribution in [2.45, 2.75) is 19.8 Å². The SMILES string of the molecule is Cc1ncsc1CCNC(=O)CCNC(=O)c1ccc(F)cc1. The monoisotopic (exact) mass is 335 g/mol. The van der Waals surface area contributed by atoms with Crippen LogP contribution in [0.1, 0.15) is 27.3 Å². The molecule has 2 aromatic rings. The summed E-state index contributed by atoms with van der Waals surface area (Å²) in [6.45, 7) is 2.73. The number of thiazole rings is 1. The van der Waals surface area contributed by atoms with E-state index in [2.05, 4.69) is 15.6 Å². The van der Waals surface area contributed by atoms with Gasteiger partial charge in [0.25, 0.3) is 5.91 Å². The zero-order valence-electron chi connectivity index (χ0n) is 12.8. The summed E-state index contributed by atoms with van der Waals surface area (Å²) in [6.07, 6.45) is 0.957. The molecule has 0 saturated heterocycles. The van der Waals surface area contributed by atoms with E-state index >= 15 is 0 Å². The van der Waals surface area contributed by atoms with E-state index in [-0.39, 0.29) is 24.8 Å². The third-order valence-electron chi connectivity index (χ3n) is 3.26. The van der Waals surface area contributed by atoms with Crippen molar-refractivity contribution in [3.63, 3.8) is 0 Å². The lowest BCUT2D eigenvalue weighted by Gasteiger charge is -2.06. The zero-order chi connectivity index (χ0) is 16.7. The molecule has 0 saturated carbocycles. The number of aromatic nitrogens is 1. The Bertz CT molecular complexity index is 670. The third-order valence-corrected chi connectivity index (χ3v) is 4.26. The topological polar surface area (TPSA) is 71.1 Å². The van der Waals surface area contributed by atoms with Gasteiger partial charge >= 0.3 is 0 Å². The summed E-state index contributed by atoms with van der Waals surface area (Å²) in [4.78, 5) is 28.8. The first-order valence-corrected chi connectivity index (χ1v) is 8.13. The van der Waals surface area contributed by atoms with Crippen LogP contribution in [-0.4, -0.2) is 29.9 Å². The summed E-state index contributed by atoms with van der Waals surface area (Å²) in [6, 6.07) is 5.26. The van der Waals surface area contributed by atoms with Gasteiger partial charge in [-0.25, -0.2) is 9.37 Å². The molecule has 2 rings (SSSR count). The summed E-state index contributed by atoms with van der Waals surface area (Å²) < 4.78 is 12.8. The van der Waals surface area contributed by atoms with Crippen molar-refractivity contribution in [1.29, 1.82) is 0 Å². The number of nitrogens with one attached hydrogen (secondary N) is 2. The van der Waals surface area contributed by atoms with Gasteiger partial charge < -0.3 is 10.6 Å². The summed E-state index contributed by atoms with van der Waals surface area (Å²) in [5.41, 5.74) is 3.15. The van der Waals surface area contributed by atoms with E-state index in [1.165, 1.54) is 24.3 Å². The average Bonchev–Trinajstić information content (AvgIpc) is 2.93. The van der Waals surface area contributed by atoms with Crippen molar-refractivity contribution in [2.24, 2.45) is 0 Å². The van der Waals surface area contributed by atoms with E-state index in [1.807, 2.05) is 6.92 Å². The van der Waals surface area contributed by atoms with Crippen LogP contribution in [0.5, 0.6) is 0 Å². The molecule has 0 aliphatic rings. The molecule has 1 heterocycles. The van der Waals surface area contributed by atoms with Gasteiger partial charge in [0.2, 0.25) is 5.91 Å². The van der Waals surface area contributed by atoms with Gasteiger partial charge in [0.05, 0.1) is 11.2 Å². The molecule has 23 heavy (non-hydrogen) atoms. The number of carbonyl (C=O) groups is 2. The van der Waals surface area contributed by atoms with Gasteiger partial charge in [-0.2, -0.15) is 0 Å². The minimum absolute atomic E-state index is 0.119. The Morgan fingerprint density at radius 3 is 2.57 bits per heavy atom. The van der Waals surface area contributed by atoms with E-state index in [0.29, 0.717) is 12.1 Å². The number of halogens is 1. The fourth-order valence-corrected chi connectivity index (χ4v) is 2.74. The highest BCUT2D eigenvalue weighted by atomic mass is 32.1. The molecule has 1 aromatic carbocycles. The molecule has 0 fully saturated rings. The number of benzene rings is 1. The predicted molar refractivity (Wildman–Crippen MR) is 86.9 cm³/mol. The van der Waals surface area contributed by atoms with Crippen molar-refractivity contribution in [3.05, 3.63) is 51.7 Å². The van der Waals surface area contributed by atoms with Gasteiger partial charge in [-0.1, -0.05) is 0 Å². The normalized spacial score (nSPS) is 10.3. The van der Waals surface area contributed by atoms with Crippen LogP contribution in [0.4, 0.5) is 4.39 Å². The molecule has 2 N–H and O–H groups in total. The summed E-state index contributed by atoms with van der Waals surface area (Å²) in [5.74, 6) is -0.832. The van der Waals surface area contributed by atoms with E-state index in [4.69, 9.17) is 0 Å². The minimum atomic E-state index is -0.392. The van der Waals surface area contributed by atoms with Crippen LogP contribution in [0.3, 0.4) is 0 Å². The Hall–Kier alpha value is -2.28. The fourth-order valence-electron chi connectivity index (χ4n) is 1.96. The Morgan fingerprint density at radius 2 is 1.91 bits per heavy atom. The summed E-state index contributed by atoms with van der Waals surface area (Å²) in [7, 11) is 0. The highest BCUT2D eigenvalue weighted by Gasteiger charge is 2.07. The first-order valence-electron chi connectivity index (χ1n) is 7.25. The van der Waals surface area contributed by atoms with Crippen molar-refractivity contribution in [2.75, 3.05) is 13.1 Å². The van der Waals surface area contributed by atoms with E-state index in [1.54, 1.807) is 16.8 Å². The quantitative estimate of drug-likeness (QED) is 0.814. The Morgan fingerprint density at radius 1 is 1.17 bits per heavy atom. The number of hydrogen-bond acceptors (Lipinski definition) is 4. The van der Waals surface area contributed by atoms with Crippen LogP contribution in [0, 0.1) is 12.7 Å². The fraction of sp³-hybridized carbons (Fsp3) is 0.312. The maximum atomic E-state index is 12.8. The van der Waals surface area contributed by atoms with Crippen molar-refractivity contribution in [1.82, 2.24) is 15.6 Å². The lowest BCUT2D eigenvalue weighted by molar-refractivity contribution is -0.120. The number of amides is 2. The first kappa shape index (κ1) is 17.1. The zero-order valence-corrected chi connectivity index (χ0v) is 13.6. The van der Waals surface area contributed by atoms with Crippen LogP contribution < -0.4 is 10.6 Å². The molecule has 0 unspecified atom stereocenters. The Labute approximate surface area is 137 Å². The first-order chi connectivity index (χ1) is 11.1. The van der Waals surface area contributed by atoms with Crippen LogP contribution in [0.15, 0.2) is 29.8 Å². The maximum absolute atomic E-state index is 12.8. The molecule has 7 heteroatoms. The lowest BCUT2D eigenvalue weighted by atomic mass is 10.2. The van der Waals surface area contributed by atoms with Crippen molar-refractivity contribution < 1.29 is 14.0 Å². The van der Waals surface area contributed by atoms with Gasteiger partial charge in [0.1, 0.15) is 5.82 Å². The molecule has 0 atom stereocenters. The lowest BCUT2D eigenvalue weighted by Crippen LogP contribution is -2.31. The van der Waals surface area contributed by atoms with Crippen LogP contribution in [0.2, 0.25) is 0 Å². The average molecular weight is 335 g/mol. The van der Waals surface area contributed by atoms with E-state index in [0.717, 1.165) is 17.0 Å². The maximum Gasteiger partial charge on any atom is 0.251 e. The highest BCUT2D eigenvalue weighted by molar-refractivity contribution is 7.09. The molecule has 2 amide bonds. The Kier molecular flexibility index (Phi) is 6.22. The smallest absolute Gasteiger partial charge is 0.251 e. The van der Waals surface area contributed by atoms with Gasteiger partial charge in [-0.3, -0.25) is 9.59 Å². The van der Waals surface area contributed by atoms with Crippen molar-refractivity contribution >= 4 is 23.2 Å². The van der Waals surface area contributed by atoms with Gasteiger partial charge in [-0.15, -0.1) is 11.3 Å². The van der Waals surface area contributed by atoms with Crippen LogP contribution >= 0.6 is 11.3 Å². The second-order valence-electron chi connectivity index (χ2n) is 4.97. The molecule has 5 nitrogen and oxygen atoms in total. The standard InChI is InChI=1S/C16H18FN3O2S/c1-11-14(23-10-20-11)6-8-18-15(21)7-9-19-16(22)12-2-4-13(17)5-3-12/h2-5,10H,6-9H2,1H3,(H,18,21)(H,19,22). The number of rotatable bonds is 7. The Balaban J connectivity index is 1.63. The minimum Gasteiger partial charge on any atom is -0.356 e. The second-order valence-corrected chi connectivity index (χ2v) is 5.91. The number of hydrogen-bond donors (Lipinski definition) is 2. The third kappa shape index (κ3) is 5.45. The predicted octanol–water partition coefficient (Wildman–Crippen LogP) is 2.07. The van der Waals surface area contributed by atoms with Crippen LogP contribution in [-0.2, 0) is 11.2 Å². The largest absolute Gasteiger partial charge is 0.356 e. The van der Waals surface area contributed by atoms with E-state index < -0.39 is 5.82 Å². The number of aryl methyl sites for hydroxylation is 1. The summed E-state index contributed by atoms with van der Waals surface area (Å²) in [5, 5.41) is 5.44. The molecule has 0 aliphatic carbocycles. The molecular weight excluding hydrogens is 317 g/mol. The molecule has 0 radical (unpaired) electrons. The molecule has 1 aromatic heterocycles.